The Morgan fingerprint density at radius 3 is 2.74 bits per heavy atom. The zero-order chi connectivity index (χ0) is 19.4. The van der Waals surface area contributed by atoms with Gasteiger partial charge in [0.25, 0.3) is 0 Å². The Bertz CT molecular complexity index is 966. The molecule has 0 bridgehead atoms. The number of carboxylic acids is 2. The maximum Gasteiger partial charge on any atom is 0.349 e. The predicted octanol–water partition coefficient (Wildman–Crippen LogP) is 4.44. The fourth-order valence-electron chi connectivity index (χ4n) is 2.35. The van der Waals surface area contributed by atoms with Crippen molar-refractivity contribution in [2.45, 2.75) is 6.54 Å². The van der Waals surface area contributed by atoms with Crippen molar-refractivity contribution in [3.63, 3.8) is 0 Å². The van der Waals surface area contributed by atoms with Crippen LogP contribution >= 0.6 is 22.9 Å². The number of halogens is 1. The molecular formula is C18H14ClNO6S. The van der Waals surface area contributed by atoms with Gasteiger partial charge in [-0.25, -0.2) is 9.59 Å². The molecule has 0 spiro atoms. The molecule has 0 aliphatic carbocycles. The van der Waals surface area contributed by atoms with Crippen LogP contribution in [0, 0.1) is 0 Å². The highest BCUT2D eigenvalue weighted by molar-refractivity contribution is 7.18. The zero-order valence-electron chi connectivity index (χ0n) is 13.8. The first-order valence-corrected chi connectivity index (χ1v) is 8.90. The fourth-order valence-corrected chi connectivity index (χ4v) is 3.76. The Hall–Kier alpha value is -2.97. The molecule has 3 N–H and O–H groups in total. The Balaban J connectivity index is 1.89. The van der Waals surface area contributed by atoms with Gasteiger partial charge in [0.2, 0.25) is 0 Å². The summed E-state index contributed by atoms with van der Waals surface area (Å²) in [6.07, 6.45) is 3.23. The summed E-state index contributed by atoms with van der Waals surface area (Å²) in [6, 6.07) is 9.13. The molecule has 2 heterocycles. The number of carboxylic acid groups (broad SMARTS) is 2. The summed E-state index contributed by atoms with van der Waals surface area (Å²) < 4.78 is 10.1. The van der Waals surface area contributed by atoms with Crippen LogP contribution in [0.2, 0.25) is 5.02 Å². The van der Waals surface area contributed by atoms with E-state index >= 15 is 0 Å². The highest BCUT2D eigenvalue weighted by Crippen LogP contribution is 2.45. The van der Waals surface area contributed by atoms with Crippen LogP contribution in [-0.2, 0) is 11.3 Å². The van der Waals surface area contributed by atoms with E-state index in [4.69, 9.17) is 25.9 Å². The van der Waals surface area contributed by atoms with Crippen LogP contribution in [-0.4, -0.2) is 28.8 Å². The molecule has 0 radical (unpaired) electrons. The SMILES string of the molecule is O=C(O)COc1c(C(=O)O)sc(-c2cccc(NCc3ccoc3)c2)c1Cl. The molecule has 2 aromatic heterocycles. The fraction of sp³-hybridized carbons (Fsp3) is 0.111. The Morgan fingerprint density at radius 2 is 2.07 bits per heavy atom. The van der Waals surface area contributed by atoms with E-state index in [-0.39, 0.29) is 15.6 Å². The molecule has 7 nitrogen and oxygen atoms in total. The maximum atomic E-state index is 11.5. The normalized spacial score (nSPS) is 10.6. The Labute approximate surface area is 162 Å². The lowest BCUT2D eigenvalue weighted by atomic mass is 10.1. The van der Waals surface area contributed by atoms with E-state index in [1.165, 1.54) is 0 Å². The lowest BCUT2D eigenvalue weighted by molar-refractivity contribution is -0.139. The zero-order valence-corrected chi connectivity index (χ0v) is 15.3. The Kier molecular flexibility index (Phi) is 5.68. The van der Waals surface area contributed by atoms with Crippen molar-refractivity contribution in [2.75, 3.05) is 11.9 Å². The molecule has 0 atom stereocenters. The lowest BCUT2D eigenvalue weighted by Gasteiger charge is -2.07. The summed E-state index contributed by atoms with van der Waals surface area (Å²) in [7, 11) is 0. The molecule has 0 amide bonds. The summed E-state index contributed by atoms with van der Waals surface area (Å²) >= 11 is 7.23. The number of nitrogens with one attached hydrogen (secondary N) is 1. The van der Waals surface area contributed by atoms with Crippen molar-refractivity contribution >= 4 is 40.6 Å². The molecule has 0 saturated carbocycles. The van der Waals surface area contributed by atoms with Crippen LogP contribution in [0.25, 0.3) is 10.4 Å². The molecule has 0 saturated heterocycles. The van der Waals surface area contributed by atoms with Crippen LogP contribution in [0.1, 0.15) is 15.2 Å². The first-order chi connectivity index (χ1) is 13.0. The second-order valence-corrected chi connectivity index (χ2v) is 6.86. The highest BCUT2D eigenvalue weighted by Gasteiger charge is 2.24. The van der Waals surface area contributed by atoms with E-state index in [2.05, 4.69) is 5.32 Å². The third-order valence-electron chi connectivity index (χ3n) is 3.54. The van der Waals surface area contributed by atoms with Gasteiger partial charge in [-0.05, 0) is 23.8 Å². The molecule has 0 aliphatic heterocycles. The van der Waals surface area contributed by atoms with E-state index < -0.39 is 18.5 Å². The Morgan fingerprint density at radius 1 is 1.26 bits per heavy atom. The van der Waals surface area contributed by atoms with Crippen molar-refractivity contribution in [3.05, 3.63) is 58.3 Å². The summed E-state index contributed by atoms with van der Waals surface area (Å²) in [5.74, 6) is -2.59. The van der Waals surface area contributed by atoms with E-state index in [1.807, 2.05) is 18.2 Å². The summed E-state index contributed by atoms with van der Waals surface area (Å²) in [4.78, 5) is 22.5. The number of thiophene rings is 1. The molecule has 0 unspecified atom stereocenters. The molecule has 0 aliphatic rings. The first kappa shape index (κ1) is 18.8. The van der Waals surface area contributed by atoms with Gasteiger partial charge >= 0.3 is 11.9 Å². The standard InChI is InChI=1S/C18H14ClNO6S/c19-14-15(26-9-13(21)22)17(18(23)24)27-16(14)11-2-1-3-12(6-11)20-7-10-4-5-25-8-10/h1-6,8,20H,7,9H2,(H,21,22)(H,23,24). The van der Waals surface area contributed by atoms with E-state index in [1.54, 1.807) is 24.7 Å². The first-order valence-electron chi connectivity index (χ1n) is 7.71. The predicted molar refractivity (Wildman–Crippen MR) is 101 cm³/mol. The number of carbonyl (C=O) groups is 2. The maximum absolute atomic E-state index is 11.5. The third-order valence-corrected chi connectivity index (χ3v) is 5.23. The monoisotopic (exact) mass is 407 g/mol. The minimum absolute atomic E-state index is 0.0747. The van der Waals surface area contributed by atoms with Gasteiger partial charge in [-0.2, -0.15) is 0 Å². The van der Waals surface area contributed by atoms with Crippen LogP contribution < -0.4 is 10.1 Å². The van der Waals surface area contributed by atoms with Crippen molar-refractivity contribution in [3.8, 4) is 16.2 Å². The third kappa shape index (κ3) is 4.42. The average Bonchev–Trinajstić information content (AvgIpc) is 3.26. The minimum Gasteiger partial charge on any atom is -0.479 e. The van der Waals surface area contributed by atoms with Crippen molar-refractivity contribution < 1.29 is 29.0 Å². The van der Waals surface area contributed by atoms with Gasteiger partial charge in [0.05, 0.1) is 17.4 Å². The van der Waals surface area contributed by atoms with Crippen molar-refractivity contribution in [1.82, 2.24) is 0 Å². The number of hydrogen-bond acceptors (Lipinski definition) is 6. The van der Waals surface area contributed by atoms with Gasteiger partial charge in [-0.3, -0.25) is 0 Å². The number of ether oxygens (including phenoxy) is 1. The van der Waals surface area contributed by atoms with E-state index in [0.717, 1.165) is 22.6 Å². The van der Waals surface area contributed by atoms with Crippen LogP contribution in [0.3, 0.4) is 0 Å². The van der Waals surface area contributed by atoms with Crippen molar-refractivity contribution in [2.24, 2.45) is 0 Å². The van der Waals surface area contributed by atoms with Crippen molar-refractivity contribution in [1.29, 1.82) is 0 Å². The lowest BCUT2D eigenvalue weighted by Crippen LogP contribution is -2.10. The summed E-state index contributed by atoms with van der Waals surface area (Å²) in [5, 5.41) is 21.4. The van der Waals surface area contributed by atoms with E-state index in [9.17, 15) is 14.7 Å². The minimum atomic E-state index is -1.23. The van der Waals surface area contributed by atoms with Gasteiger partial charge in [-0.1, -0.05) is 23.7 Å². The molecule has 0 fully saturated rings. The van der Waals surface area contributed by atoms with Gasteiger partial charge in [-0.15, -0.1) is 11.3 Å². The quantitative estimate of drug-likeness (QED) is 0.506. The summed E-state index contributed by atoms with van der Waals surface area (Å²) in [6.45, 7) is -0.117. The van der Waals surface area contributed by atoms with Crippen LogP contribution in [0.5, 0.6) is 5.75 Å². The van der Waals surface area contributed by atoms with Gasteiger partial charge in [0.1, 0.15) is 5.02 Å². The number of furan rings is 1. The number of rotatable bonds is 8. The molecule has 3 rings (SSSR count). The molecule has 9 heteroatoms. The molecule has 27 heavy (non-hydrogen) atoms. The largest absolute Gasteiger partial charge is 0.479 e. The smallest absolute Gasteiger partial charge is 0.349 e. The molecule has 3 aromatic rings. The van der Waals surface area contributed by atoms with Crippen LogP contribution in [0.15, 0.2) is 47.3 Å². The van der Waals surface area contributed by atoms with Gasteiger partial charge in [0.15, 0.2) is 17.2 Å². The second-order valence-electron chi connectivity index (χ2n) is 5.46. The number of aromatic carboxylic acids is 1. The second kappa shape index (κ2) is 8.15. The molecule has 140 valence electrons. The number of aliphatic carboxylic acids is 1. The average molecular weight is 408 g/mol. The number of benzene rings is 1. The molecular weight excluding hydrogens is 394 g/mol. The molecule has 1 aromatic carbocycles. The summed E-state index contributed by atoms with van der Waals surface area (Å²) in [5.41, 5.74) is 2.48. The number of hydrogen-bond donors (Lipinski definition) is 3. The van der Waals surface area contributed by atoms with E-state index in [0.29, 0.717) is 17.0 Å². The number of anilines is 1. The van der Waals surface area contributed by atoms with Gasteiger partial charge < -0.3 is 24.7 Å². The highest BCUT2D eigenvalue weighted by atomic mass is 35.5. The van der Waals surface area contributed by atoms with Crippen LogP contribution in [0.4, 0.5) is 5.69 Å². The topological polar surface area (TPSA) is 109 Å². The van der Waals surface area contributed by atoms with Gasteiger partial charge in [0, 0.05) is 17.8 Å².